The van der Waals surface area contributed by atoms with Crippen LogP contribution in [0, 0.1) is 0 Å². The Morgan fingerprint density at radius 3 is 1.04 bits per heavy atom. The van der Waals surface area contributed by atoms with E-state index in [0.29, 0.717) is 23.9 Å². The molecule has 0 spiro atoms. The normalized spacial score (nSPS) is 13.7. The number of esters is 1. The second kappa shape index (κ2) is 62.3. The lowest BCUT2D eigenvalue weighted by Crippen LogP contribution is -2.47. The maximum Gasteiger partial charge on any atom is 0.472 e. The molecule has 10 heteroatoms. The minimum atomic E-state index is -4.45. The third-order valence-corrected chi connectivity index (χ3v) is 17.3. The van der Waals surface area contributed by atoms with Crippen LogP contribution in [0.4, 0.5) is 0 Å². The molecule has 0 rings (SSSR count). The van der Waals surface area contributed by atoms with Gasteiger partial charge in [-0.05, 0) is 83.1 Å². The molecule has 0 aliphatic rings. The first kappa shape index (κ1) is 80.2. The quantitative estimate of drug-likeness (QED) is 0.0205. The van der Waals surface area contributed by atoms with E-state index in [1.54, 1.807) is 0 Å². The van der Waals surface area contributed by atoms with Gasteiger partial charge in [0.25, 0.3) is 0 Å². The van der Waals surface area contributed by atoms with Crippen molar-refractivity contribution in [2.45, 2.75) is 373 Å². The number of phosphoric ester groups is 1. The second-order valence-corrected chi connectivity index (χ2v) is 27.2. The summed E-state index contributed by atoms with van der Waals surface area (Å²) in [6, 6.07) is -0.847. The molecule has 0 aromatic carbocycles. The van der Waals surface area contributed by atoms with E-state index in [9.17, 15) is 19.0 Å². The molecule has 484 valence electrons. The van der Waals surface area contributed by atoms with Crippen molar-refractivity contribution in [1.29, 1.82) is 0 Å². The Kier molecular flexibility index (Phi) is 60.9. The summed E-state index contributed by atoms with van der Waals surface area (Å²) in [5, 5.41) is 3.07. The van der Waals surface area contributed by atoms with Crippen LogP contribution >= 0.6 is 7.82 Å². The Morgan fingerprint density at radius 1 is 0.415 bits per heavy atom. The zero-order valence-corrected chi connectivity index (χ0v) is 56.4. The fraction of sp³-hybridized carbons (Fsp3) is 0.889. The Hall–Kier alpha value is -1.77. The number of allylic oxidation sites excluding steroid dienone is 5. The average Bonchev–Trinajstić information content (AvgIpc) is 3.44. The lowest BCUT2D eigenvalue weighted by atomic mass is 10.0. The van der Waals surface area contributed by atoms with Crippen molar-refractivity contribution in [3.8, 4) is 0 Å². The molecule has 0 aromatic heterocycles. The van der Waals surface area contributed by atoms with Crippen molar-refractivity contribution in [2.24, 2.45) is 0 Å². The van der Waals surface area contributed by atoms with Gasteiger partial charge in [0.1, 0.15) is 19.3 Å². The zero-order valence-electron chi connectivity index (χ0n) is 55.5. The molecule has 1 amide bonds. The van der Waals surface area contributed by atoms with Crippen LogP contribution in [0.2, 0.25) is 0 Å². The highest BCUT2D eigenvalue weighted by Crippen LogP contribution is 2.43. The van der Waals surface area contributed by atoms with Crippen LogP contribution in [0.15, 0.2) is 36.5 Å². The van der Waals surface area contributed by atoms with Gasteiger partial charge in [-0.1, -0.05) is 302 Å². The van der Waals surface area contributed by atoms with E-state index >= 15 is 0 Å². The average molecular weight is 1180 g/mol. The lowest BCUT2D eigenvalue weighted by Gasteiger charge is -2.27. The van der Waals surface area contributed by atoms with E-state index in [0.717, 1.165) is 57.8 Å². The van der Waals surface area contributed by atoms with Crippen LogP contribution < -0.4 is 5.32 Å². The minimum Gasteiger partial charge on any atom is -0.456 e. The number of phosphoric acid groups is 1. The Balaban J connectivity index is 5.03. The van der Waals surface area contributed by atoms with Crippen LogP contribution in [0.5, 0.6) is 0 Å². The molecule has 0 fully saturated rings. The van der Waals surface area contributed by atoms with E-state index < -0.39 is 20.0 Å². The molecule has 82 heavy (non-hydrogen) atoms. The summed E-state index contributed by atoms with van der Waals surface area (Å²) >= 11 is 0. The molecule has 3 atom stereocenters. The number of hydrogen-bond acceptors (Lipinski definition) is 6. The van der Waals surface area contributed by atoms with E-state index in [1.807, 2.05) is 33.3 Å². The molecule has 3 unspecified atom stereocenters. The van der Waals surface area contributed by atoms with Crippen LogP contribution in [-0.2, 0) is 27.9 Å². The number of likely N-dealkylation sites (N-methyl/N-ethyl adjacent to an activating group) is 1. The lowest BCUT2D eigenvalue weighted by molar-refractivity contribution is -0.870. The SMILES string of the molecule is CCCCCCCC/C=C/CCCCCCCCCCCCCCCCCC(=O)OC(/C=C\CCCCCCCCCCCC)C(COP(=O)(O)OCC[N+](C)(C)C)NC(=O)CCCCCCCCCCC/C=C/CCCCCCCC. The van der Waals surface area contributed by atoms with Gasteiger partial charge in [0.05, 0.1) is 33.8 Å². The number of ether oxygens (including phenoxy) is 1. The van der Waals surface area contributed by atoms with Gasteiger partial charge in [-0.3, -0.25) is 18.6 Å². The number of rotatable bonds is 66. The summed E-state index contributed by atoms with van der Waals surface area (Å²) in [5.74, 6) is -0.489. The molecule has 2 N–H and O–H groups in total. The number of nitrogens with zero attached hydrogens (tertiary/aromatic N) is 1. The maximum absolute atomic E-state index is 13.6. The van der Waals surface area contributed by atoms with Gasteiger partial charge in [-0.25, -0.2) is 4.57 Å². The highest BCUT2D eigenvalue weighted by Gasteiger charge is 2.30. The maximum atomic E-state index is 13.6. The van der Waals surface area contributed by atoms with Crippen LogP contribution in [0.1, 0.15) is 361 Å². The first-order valence-corrected chi connectivity index (χ1v) is 37.3. The molecule has 0 radical (unpaired) electrons. The number of nitrogens with one attached hydrogen (secondary N) is 1. The monoisotopic (exact) mass is 1180 g/mol. The molecule has 0 aromatic rings. The van der Waals surface area contributed by atoms with Crippen molar-refractivity contribution < 1.29 is 37.3 Å². The smallest absolute Gasteiger partial charge is 0.456 e. The fourth-order valence-corrected chi connectivity index (χ4v) is 11.5. The molecule has 0 saturated carbocycles. The molecule has 0 bridgehead atoms. The van der Waals surface area contributed by atoms with Crippen LogP contribution in [0.25, 0.3) is 0 Å². The summed E-state index contributed by atoms with van der Waals surface area (Å²) in [5.41, 5.74) is 0. The van der Waals surface area contributed by atoms with E-state index in [2.05, 4.69) is 50.4 Å². The Bertz CT molecular complexity index is 1500. The van der Waals surface area contributed by atoms with Crippen molar-refractivity contribution in [1.82, 2.24) is 5.32 Å². The van der Waals surface area contributed by atoms with Gasteiger partial charge < -0.3 is 19.4 Å². The third kappa shape index (κ3) is 62.8. The van der Waals surface area contributed by atoms with Gasteiger partial charge in [0.15, 0.2) is 0 Å². The van der Waals surface area contributed by atoms with Gasteiger partial charge in [-0.2, -0.15) is 0 Å². The van der Waals surface area contributed by atoms with Crippen molar-refractivity contribution >= 4 is 19.7 Å². The third-order valence-electron chi connectivity index (χ3n) is 16.3. The minimum absolute atomic E-state index is 0.0424. The number of hydrogen-bond donors (Lipinski definition) is 2. The predicted octanol–water partition coefficient (Wildman–Crippen LogP) is 22.6. The largest absolute Gasteiger partial charge is 0.472 e. The van der Waals surface area contributed by atoms with E-state index in [4.69, 9.17) is 13.8 Å². The number of unbranched alkanes of at least 4 members (excludes halogenated alkanes) is 46. The van der Waals surface area contributed by atoms with Gasteiger partial charge in [0, 0.05) is 12.8 Å². The highest BCUT2D eigenvalue weighted by atomic mass is 31.2. The van der Waals surface area contributed by atoms with Crippen LogP contribution in [-0.4, -0.2) is 74.3 Å². The number of carbonyl (C=O) groups excluding carboxylic acids is 2. The molecular weight excluding hydrogens is 1040 g/mol. The predicted molar refractivity (Wildman–Crippen MR) is 356 cm³/mol. The molecule has 0 saturated heterocycles. The first-order chi connectivity index (χ1) is 39.9. The summed E-state index contributed by atoms with van der Waals surface area (Å²) in [7, 11) is 1.51. The first-order valence-electron chi connectivity index (χ1n) is 35.8. The van der Waals surface area contributed by atoms with E-state index in [-0.39, 0.29) is 25.1 Å². The summed E-state index contributed by atoms with van der Waals surface area (Å²) in [4.78, 5) is 37.9. The number of quaternary nitrogens is 1. The molecule has 0 aliphatic carbocycles. The second-order valence-electron chi connectivity index (χ2n) is 25.8. The van der Waals surface area contributed by atoms with Crippen molar-refractivity contribution in [3.63, 3.8) is 0 Å². The van der Waals surface area contributed by atoms with Crippen molar-refractivity contribution in [3.05, 3.63) is 36.5 Å². The van der Waals surface area contributed by atoms with Gasteiger partial charge >= 0.3 is 13.8 Å². The Morgan fingerprint density at radius 2 is 0.707 bits per heavy atom. The molecular formula is C72H140N2O7P+. The standard InChI is InChI=1S/C72H139N2O7P/c1-7-10-13-16-19-22-25-28-30-32-34-35-36-37-38-39-41-43-45-47-50-53-56-59-62-65-72(76)81-70(63-60-57-54-51-48-27-24-21-18-15-12-9-3)69(68-80-82(77,78)79-67-66-74(4,5)6)73-71(75)64-61-58-55-52-49-46-44-42-40-33-31-29-26-23-20-17-14-11-8-2/h28-31,60,63,69-70H,7-27,32-59,61-62,64-68H2,1-6H3,(H-,73,75,77,78)/p+1/b30-28+,31-29+,63-60-. The Labute approximate surface area is 510 Å². The fourth-order valence-electron chi connectivity index (χ4n) is 10.8. The van der Waals surface area contributed by atoms with Crippen molar-refractivity contribution in [2.75, 3.05) is 40.9 Å². The van der Waals surface area contributed by atoms with Gasteiger partial charge in [-0.15, -0.1) is 0 Å². The van der Waals surface area contributed by atoms with Gasteiger partial charge in [0.2, 0.25) is 5.91 Å². The van der Waals surface area contributed by atoms with Crippen LogP contribution in [0.3, 0.4) is 0 Å². The number of carbonyl (C=O) groups is 2. The zero-order chi connectivity index (χ0) is 60.0. The summed E-state index contributed by atoms with van der Waals surface area (Å²) in [6.45, 7) is 7.06. The number of amides is 1. The van der Waals surface area contributed by atoms with E-state index in [1.165, 1.54) is 270 Å². The molecule has 9 nitrogen and oxygen atoms in total. The highest BCUT2D eigenvalue weighted by molar-refractivity contribution is 7.47. The summed E-state index contributed by atoms with van der Waals surface area (Å²) < 4.78 is 30.8. The molecule has 0 aliphatic heterocycles. The molecule has 0 heterocycles. The topological polar surface area (TPSA) is 111 Å². The summed E-state index contributed by atoms with van der Waals surface area (Å²) in [6.07, 6.45) is 77.3.